The first-order valence-corrected chi connectivity index (χ1v) is 12.2. The maximum atomic E-state index is 13.6. The van der Waals surface area contributed by atoms with Gasteiger partial charge in [-0.05, 0) is 54.0 Å². The lowest BCUT2D eigenvalue weighted by Gasteiger charge is -2.45. The summed E-state index contributed by atoms with van der Waals surface area (Å²) in [6.07, 6.45) is 2.25. The molecule has 3 aromatic rings. The Hall–Kier alpha value is -3.26. The molecule has 1 fully saturated rings. The van der Waals surface area contributed by atoms with E-state index in [1.54, 1.807) is 12.1 Å². The van der Waals surface area contributed by atoms with E-state index >= 15 is 0 Å². The molecule has 0 unspecified atom stereocenters. The number of nitro groups is 1. The zero-order valence-corrected chi connectivity index (χ0v) is 20.4. The fraction of sp³-hybridized carbons (Fsp3) is 0.385. The van der Waals surface area contributed by atoms with Gasteiger partial charge in [-0.15, -0.1) is 0 Å². The van der Waals surface area contributed by atoms with E-state index in [1.807, 2.05) is 19.1 Å². The number of aryl methyl sites for hydroxylation is 1. The summed E-state index contributed by atoms with van der Waals surface area (Å²) in [7, 11) is 0. The molecule has 2 bridgehead atoms. The normalized spacial score (nSPS) is 23.5. The second-order valence-corrected chi connectivity index (χ2v) is 10.9. The van der Waals surface area contributed by atoms with E-state index in [-0.39, 0.29) is 28.6 Å². The number of carbonyl (C=O) groups excluding carboxylic acids is 1. The second kappa shape index (κ2) is 7.63. The van der Waals surface area contributed by atoms with Gasteiger partial charge in [-0.1, -0.05) is 45.1 Å². The zero-order valence-electron chi connectivity index (χ0n) is 19.5. The number of aliphatic hydroxyl groups excluding tert-OH is 1. The number of hydrogen-bond acceptors (Lipinski definition) is 7. The second-order valence-electron chi connectivity index (χ2n) is 9.90. The molecule has 1 heterocycles. The predicted octanol–water partition coefficient (Wildman–Crippen LogP) is 6.85. The molecule has 2 atom stereocenters. The van der Waals surface area contributed by atoms with Crippen molar-refractivity contribution in [1.29, 1.82) is 0 Å². The van der Waals surface area contributed by atoms with Crippen molar-refractivity contribution in [1.82, 2.24) is 4.98 Å². The molecule has 176 valence electrons. The zero-order chi connectivity index (χ0) is 24.4. The lowest BCUT2D eigenvalue weighted by atomic mass is 9.58. The minimum Gasteiger partial charge on any atom is -0.511 e. The topological polar surface area (TPSA) is 103 Å². The smallest absolute Gasteiger partial charge is 0.279 e. The van der Waals surface area contributed by atoms with Gasteiger partial charge in [0.15, 0.2) is 5.78 Å². The monoisotopic (exact) mass is 478 g/mol. The van der Waals surface area contributed by atoms with Crippen molar-refractivity contribution in [2.24, 2.45) is 16.7 Å². The molecular formula is C26H26N2O5S. The lowest BCUT2D eigenvalue weighted by molar-refractivity contribution is -0.384. The molecule has 0 amide bonds. The van der Waals surface area contributed by atoms with Crippen LogP contribution in [0.5, 0.6) is 10.9 Å². The average molecular weight is 479 g/mol. The van der Waals surface area contributed by atoms with Gasteiger partial charge in [0, 0.05) is 23.5 Å². The minimum absolute atomic E-state index is 0.00144. The predicted molar refractivity (Wildman–Crippen MR) is 131 cm³/mol. The van der Waals surface area contributed by atoms with Gasteiger partial charge >= 0.3 is 0 Å². The number of non-ortho nitro benzene ring substituents is 1. The average Bonchev–Trinajstić information content (AvgIpc) is 3.27. The number of aromatic nitrogens is 1. The fourth-order valence-corrected chi connectivity index (χ4v) is 6.39. The number of nitro benzene ring substituents is 1. The van der Waals surface area contributed by atoms with Crippen molar-refractivity contribution in [3.8, 4) is 10.9 Å². The number of nitrogens with zero attached hydrogens (tertiary/aromatic N) is 2. The number of ether oxygens (including phenoxy) is 1. The van der Waals surface area contributed by atoms with Crippen LogP contribution >= 0.6 is 11.3 Å². The molecule has 7 nitrogen and oxygen atoms in total. The van der Waals surface area contributed by atoms with Crippen LogP contribution in [0.2, 0.25) is 0 Å². The van der Waals surface area contributed by atoms with Crippen LogP contribution in [0.1, 0.15) is 51.7 Å². The van der Waals surface area contributed by atoms with Crippen molar-refractivity contribution >= 4 is 38.6 Å². The number of ketones is 1. The van der Waals surface area contributed by atoms with E-state index in [0.717, 1.165) is 18.4 Å². The molecule has 1 N–H and O–H groups in total. The molecular weight excluding hydrogens is 452 g/mol. The Morgan fingerprint density at radius 3 is 2.71 bits per heavy atom. The maximum absolute atomic E-state index is 13.6. The molecule has 2 aliphatic carbocycles. The van der Waals surface area contributed by atoms with E-state index < -0.39 is 10.3 Å². The van der Waals surface area contributed by atoms with Crippen LogP contribution in [0.3, 0.4) is 0 Å². The van der Waals surface area contributed by atoms with Gasteiger partial charge in [-0.2, -0.15) is 0 Å². The summed E-state index contributed by atoms with van der Waals surface area (Å²) < 4.78 is 6.68. The summed E-state index contributed by atoms with van der Waals surface area (Å²) >= 11 is 1.22. The third-order valence-electron chi connectivity index (χ3n) is 8.05. The first-order valence-electron chi connectivity index (χ1n) is 11.4. The van der Waals surface area contributed by atoms with E-state index in [2.05, 4.69) is 25.8 Å². The standard InChI is InChI=1S/C26H26N2O5S/c1-5-14-6-8-16(33-24-27-19-9-7-15(28(31)32)12-20(19)34-24)13-17(14)21-22(29)18-10-11-26(4,23(21)30)25(18,2)3/h6-9,12-13,18,30H,5,10-11H2,1-4H3/t18-,26+/m0/s1. The van der Waals surface area contributed by atoms with E-state index in [0.29, 0.717) is 38.7 Å². The summed E-state index contributed by atoms with van der Waals surface area (Å²) in [5, 5.41) is 22.8. The molecule has 1 saturated carbocycles. The Kier molecular flexibility index (Phi) is 5.06. The molecule has 0 aliphatic heterocycles. The van der Waals surface area contributed by atoms with Crippen LogP contribution in [-0.2, 0) is 11.2 Å². The van der Waals surface area contributed by atoms with Gasteiger partial charge in [0.1, 0.15) is 11.5 Å². The Bertz CT molecular complexity index is 1390. The number of thiazole rings is 1. The van der Waals surface area contributed by atoms with Crippen LogP contribution in [0.25, 0.3) is 15.8 Å². The Balaban J connectivity index is 1.56. The van der Waals surface area contributed by atoms with Crippen molar-refractivity contribution in [3.05, 3.63) is 63.4 Å². The first kappa shape index (κ1) is 22.5. The third kappa shape index (κ3) is 3.15. The molecule has 1 aromatic heterocycles. The molecule has 5 rings (SSSR count). The van der Waals surface area contributed by atoms with Crippen molar-refractivity contribution in [2.45, 2.75) is 47.0 Å². The number of carbonyl (C=O) groups is 1. The van der Waals surface area contributed by atoms with Crippen molar-refractivity contribution < 1.29 is 19.6 Å². The van der Waals surface area contributed by atoms with Crippen LogP contribution in [-0.4, -0.2) is 20.8 Å². The molecule has 34 heavy (non-hydrogen) atoms. The van der Waals surface area contributed by atoms with E-state index in [9.17, 15) is 20.0 Å². The highest BCUT2D eigenvalue weighted by Gasteiger charge is 2.61. The van der Waals surface area contributed by atoms with Gasteiger partial charge in [-0.3, -0.25) is 14.9 Å². The number of aliphatic hydroxyl groups is 1. The van der Waals surface area contributed by atoms with Crippen molar-refractivity contribution in [3.63, 3.8) is 0 Å². The van der Waals surface area contributed by atoms with Gasteiger partial charge in [-0.25, -0.2) is 4.98 Å². The first-order chi connectivity index (χ1) is 16.1. The molecule has 0 spiro atoms. The molecule has 8 heteroatoms. The van der Waals surface area contributed by atoms with Crippen LogP contribution in [0, 0.1) is 26.9 Å². The van der Waals surface area contributed by atoms with Crippen LogP contribution in [0.15, 0.2) is 42.2 Å². The Morgan fingerprint density at radius 2 is 2.00 bits per heavy atom. The van der Waals surface area contributed by atoms with Gasteiger partial charge in [0.2, 0.25) is 0 Å². The van der Waals surface area contributed by atoms with Crippen molar-refractivity contribution in [2.75, 3.05) is 0 Å². The molecule has 0 saturated heterocycles. The van der Waals surface area contributed by atoms with Crippen LogP contribution in [0.4, 0.5) is 5.69 Å². The summed E-state index contributed by atoms with van der Waals surface area (Å²) in [6, 6.07) is 10.0. The largest absolute Gasteiger partial charge is 0.511 e. The van der Waals surface area contributed by atoms with E-state index in [1.165, 1.54) is 23.5 Å². The number of Topliss-reactive ketones (excluding diaryl/α,β-unsaturated/α-hetero) is 1. The SMILES string of the molecule is CCc1ccc(Oc2nc3ccc([N+](=O)[O-])cc3s2)cc1C1=C(O)[C@@]2(C)CC[C@@H](C1=O)C2(C)C. The van der Waals surface area contributed by atoms with Gasteiger partial charge < -0.3 is 9.84 Å². The quantitative estimate of drug-likeness (QED) is 0.318. The number of hydrogen-bond donors (Lipinski definition) is 1. The third-order valence-corrected chi connectivity index (χ3v) is 8.94. The summed E-state index contributed by atoms with van der Waals surface area (Å²) in [5.74, 6) is 0.543. The molecule has 0 radical (unpaired) electrons. The Morgan fingerprint density at radius 1 is 1.24 bits per heavy atom. The number of rotatable bonds is 5. The Labute approximate surface area is 201 Å². The number of benzene rings is 2. The highest BCUT2D eigenvalue weighted by atomic mass is 32.1. The lowest BCUT2D eigenvalue weighted by Crippen LogP contribution is -2.43. The summed E-state index contributed by atoms with van der Waals surface area (Å²) in [4.78, 5) is 28.6. The van der Waals surface area contributed by atoms with Gasteiger partial charge in [0.05, 0.1) is 20.7 Å². The highest BCUT2D eigenvalue weighted by molar-refractivity contribution is 7.20. The number of fused-ring (bicyclic) bond motifs is 3. The summed E-state index contributed by atoms with van der Waals surface area (Å²) in [5.41, 5.74) is 1.93. The fourth-order valence-electron chi connectivity index (χ4n) is 5.52. The van der Waals surface area contributed by atoms with Crippen LogP contribution < -0.4 is 4.74 Å². The maximum Gasteiger partial charge on any atom is 0.279 e. The molecule has 2 aliphatic rings. The minimum atomic E-state index is -0.454. The van der Waals surface area contributed by atoms with E-state index in [4.69, 9.17) is 4.74 Å². The summed E-state index contributed by atoms with van der Waals surface area (Å²) in [6.45, 7) is 8.23. The number of allylic oxidation sites excluding steroid dienone is 2. The highest BCUT2D eigenvalue weighted by Crippen LogP contribution is 2.64. The van der Waals surface area contributed by atoms with Gasteiger partial charge in [0.25, 0.3) is 10.9 Å². The molecule has 2 aromatic carbocycles.